The Kier molecular flexibility index (Phi) is 6.19. The van der Waals surface area contributed by atoms with Crippen molar-refractivity contribution < 1.29 is 4.74 Å². The van der Waals surface area contributed by atoms with E-state index in [0.717, 1.165) is 17.7 Å². The number of hydrogen-bond donors (Lipinski definition) is 1. The van der Waals surface area contributed by atoms with E-state index in [2.05, 4.69) is 5.32 Å². The zero-order valence-electron chi connectivity index (χ0n) is 11.6. The Morgan fingerprint density at radius 3 is 2.29 bits per heavy atom. The van der Waals surface area contributed by atoms with E-state index in [9.17, 15) is 0 Å². The van der Waals surface area contributed by atoms with Crippen LogP contribution in [0.2, 0.25) is 15.1 Å². The Hall–Kier alpha value is -0.930. The fourth-order valence-corrected chi connectivity index (χ4v) is 2.54. The number of hydrogen-bond acceptors (Lipinski definition) is 2. The molecule has 21 heavy (non-hydrogen) atoms. The minimum absolute atomic E-state index is 0.152. The van der Waals surface area contributed by atoms with Gasteiger partial charge in [-0.25, -0.2) is 0 Å². The number of ether oxygens (including phenoxy) is 1. The van der Waals surface area contributed by atoms with Crippen molar-refractivity contribution in [3.05, 3.63) is 63.1 Å². The van der Waals surface area contributed by atoms with Gasteiger partial charge >= 0.3 is 0 Å². The zero-order valence-corrected chi connectivity index (χ0v) is 13.8. The summed E-state index contributed by atoms with van der Waals surface area (Å²) in [5, 5.41) is 5.24. The number of likely N-dealkylation sites (N-methyl/N-ethyl adjacent to an activating group) is 1. The van der Waals surface area contributed by atoms with E-state index < -0.39 is 0 Å². The van der Waals surface area contributed by atoms with Crippen molar-refractivity contribution in [2.75, 3.05) is 13.7 Å². The molecule has 2 aromatic rings. The van der Waals surface area contributed by atoms with E-state index in [1.807, 2.05) is 31.3 Å². The molecular weight excluding hydrogens is 329 g/mol. The molecule has 2 nitrogen and oxygen atoms in total. The first kappa shape index (κ1) is 16.4. The molecule has 0 bridgehead atoms. The van der Waals surface area contributed by atoms with Gasteiger partial charge in [-0.1, -0.05) is 40.9 Å². The molecule has 0 fully saturated rings. The van der Waals surface area contributed by atoms with Gasteiger partial charge in [-0.2, -0.15) is 0 Å². The summed E-state index contributed by atoms with van der Waals surface area (Å²) in [6.45, 7) is 0.539. The van der Waals surface area contributed by atoms with Gasteiger partial charge in [0, 0.05) is 21.1 Å². The standard InChI is InChI=1S/C16H16Cl3NO/c1-20-14(8-11-2-3-13(18)9-16(11)19)10-21-15-6-4-12(17)5-7-15/h2-7,9,14,20H,8,10H2,1H3. The van der Waals surface area contributed by atoms with Crippen molar-refractivity contribution in [1.29, 1.82) is 0 Å². The molecule has 2 rings (SSSR count). The lowest BCUT2D eigenvalue weighted by Gasteiger charge is -2.18. The number of benzene rings is 2. The molecular formula is C16H16Cl3NO. The molecule has 0 aromatic heterocycles. The van der Waals surface area contributed by atoms with Crippen LogP contribution in [0.15, 0.2) is 42.5 Å². The van der Waals surface area contributed by atoms with Crippen LogP contribution in [0.25, 0.3) is 0 Å². The average molecular weight is 345 g/mol. The van der Waals surface area contributed by atoms with Gasteiger partial charge in [-0.05, 0) is 55.4 Å². The summed E-state index contributed by atoms with van der Waals surface area (Å²) in [6, 6.07) is 13.0. The lowest BCUT2D eigenvalue weighted by Crippen LogP contribution is -2.33. The van der Waals surface area contributed by atoms with Gasteiger partial charge in [0.25, 0.3) is 0 Å². The molecule has 1 unspecified atom stereocenters. The molecule has 0 saturated carbocycles. The maximum absolute atomic E-state index is 6.20. The minimum Gasteiger partial charge on any atom is -0.492 e. The molecule has 0 saturated heterocycles. The SMILES string of the molecule is CNC(COc1ccc(Cl)cc1)Cc1ccc(Cl)cc1Cl. The summed E-state index contributed by atoms with van der Waals surface area (Å²) in [7, 11) is 1.90. The number of rotatable bonds is 6. The van der Waals surface area contributed by atoms with Gasteiger partial charge in [0.2, 0.25) is 0 Å². The molecule has 1 N–H and O–H groups in total. The van der Waals surface area contributed by atoms with Crippen LogP contribution >= 0.6 is 34.8 Å². The Bertz CT molecular complexity index is 587. The third kappa shape index (κ3) is 5.08. The van der Waals surface area contributed by atoms with Crippen LogP contribution in [-0.2, 0) is 6.42 Å². The molecule has 0 amide bonds. The van der Waals surface area contributed by atoms with Crippen molar-refractivity contribution in [2.45, 2.75) is 12.5 Å². The first-order chi connectivity index (χ1) is 10.1. The largest absolute Gasteiger partial charge is 0.492 e. The van der Waals surface area contributed by atoms with Crippen molar-refractivity contribution in [3.8, 4) is 5.75 Å². The van der Waals surface area contributed by atoms with Crippen LogP contribution in [0.5, 0.6) is 5.75 Å². The third-order valence-corrected chi connectivity index (χ3v) is 3.99. The first-order valence-electron chi connectivity index (χ1n) is 6.58. The summed E-state index contributed by atoms with van der Waals surface area (Å²) in [6.07, 6.45) is 0.764. The van der Waals surface area contributed by atoms with Crippen molar-refractivity contribution in [2.24, 2.45) is 0 Å². The summed E-state index contributed by atoms with van der Waals surface area (Å²) < 4.78 is 5.76. The lowest BCUT2D eigenvalue weighted by atomic mass is 10.1. The fraction of sp³-hybridized carbons (Fsp3) is 0.250. The zero-order chi connectivity index (χ0) is 15.2. The second-order valence-electron chi connectivity index (χ2n) is 4.69. The van der Waals surface area contributed by atoms with Crippen LogP contribution in [-0.4, -0.2) is 19.7 Å². The molecule has 112 valence electrons. The normalized spacial score (nSPS) is 12.2. The van der Waals surface area contributed by atoms with Crippen molar-refractivity contribution in [1.82, 2.24) is 5.32 Å². The maximum atomic E-state index is 6.20. The predicted molar refractivity (Wildman–Crippen MR) is 90.0 cm³/mol. The van der Waals surface area contributed by atoms with Gasteiger partial charge < -0.3 is 10.1 Å². The highest BCUT2D eigenvalue weighted by molar-refractivity contribution is 6.35. The van der Waals surface area contributed by atoms with E-state index in [0.29, 0.717) is 21.7 Å². The highest BCUT2D eigenvalue weighted by atomic mass is 35.5. The Morgan fingerprint density at radius 1 is 1.00 bits per heavy atom. The monoisotopic (exact) mass is 343 g/mol. The summed E-state index contributed by atoms with van der Waals surface area (Å²) in [5.41, 5.74) is 1.04. The third-order valence-electron chi connectivity index (χ3n) is 3.15. The van der Waals surface area contributed by atoms with E-state index in [1.165, 1.54) is 0 Å². The van der Waals surface area contributed by atoms with Gasteiger partial charge in [-0.3, -0.25) is 0 Å². The Balaban J connectivity index is 1.95. The number of nitrogens with one attached hydrogen (secondary N) is 1. The van der Waals surface area contributed by atoms with Gasteiger partial charge in [0.1, 0.15) is 12.4 Å². The van der Waals surface area contributed by atoms with Crippen LogP contribution in [0.4, 0.5) is 0 Å². The lowest BCUT2D eigenvalue weighted by molar-refractivity contribution is 0.270. The molecule has 1 atom stereocenters. The van der Waals surface area contributed by atoms with Gasteiger partial charge in [-0.15, -0.1) is 0 Å². The van der Waals surface area contributed by atoms with E-state index in [1.54, 1.807) is 18.2 Å². The number of halogens is 3. The summed E-state index contributed by atoms with van der Waals surface area (Å²) >= 11 is 17.9. The van der Waals surface area contributed by atoms with E-state index in [4.69, 9.17) is 39.5 Å². The quantitative estimate of drug-likeness (QED) is 0.808. The van der Waals surface area contributed by atoms with Crippen LogP contribution < -0.4 is 10.1 Å². The fourth-order valence-electron chi connectivity index (χ4n) is 1.92. The minimum atomic E-state index is 0.152. The molecule has 0 heterocycles. The Morgan fingerprint density at radius 2 is 1.67 bits per heavy atom. The smallest absolute Gasteiger partial charge is 0.119 e. The van der Waals surface area contributed by atoms with Crippen molar-refractivity contribution >= 4 is 34.8 Å². The molecule has 0 aliphatic rings. The highest BCUT2D eigenvalue weighted by Gasteiger charge is 2.11. The topological polar surface area (TPSA) is 21.3 Å². The second-order valence-corrected chi connectivity index (χ2v) is 5.97. The molecule has 0 aliphatic heterocycles. The predicted octanol–water partition coefficient (Wildman–Crippen LogP) is 4.86. The molecule has 5 heteroatoms. The molecule has 0 spiro atoms. The van der Waals surface area contributed by atoms with Crippen molar-refractivity contribution in [3.63, 3.8) is 0 Å². The highest BCUT2D eigenvalue weighted by Crippen LogP contribution is 2.22. The second kappa shape index (κ2) is 7.90. The molecule has 0 aliphatic carbocycles. The summed E-state index contributed by atoms with van der Waals surface area (Å²) in [5.74, 6) is 0.793. The van der Waals surface area contributed by atoms with Crippen LogP contribution in [0, 0.1) is 0 Å². The van der Waals surface area contributed by atoms with Crippen LogP contribution in [0.1, 0.15) is 5.56 Å². The maximum Gasteiger partial charge on any atom is 0.119 e. The average Bonchev–Trinajstić information content (AvgIpc) is 2.47. The van der Waals surface area contributed by atoms with Gasteiger partial charge in [0.05, 0.1) is 0 Å². The molecule has 2 aromatic carbocycles. The summed E-state index contributed by atoms with van der Waals surface area (Å²) in [4.78, 5) is 0. The van der Waals surface area contributed by atoms with Gasteiger partial charge in [0.15, 0.2) is 0 Å². The Labute approximate surface area is 140 Å². The first-order valence-corrected chi connectivity index (χ1v) is 7.71. The van der Waals surface area contributed by atoms with E-state index >= 15 is 0 Å². The van der Waals surface area contributed by atoms with Crippen LogP contribution in [0.3, 0.4) is 0 Å². The molecule has 0 radical (unpaired) electrons. The van der Waals surface area contributed by atoms with E-state index in [-0.39, 0.29) is 6.04 Å².